The van der Waals surface area contributed by atoms with E-state index in [1.807, 2.05) is 0 Å². The number of benzene rings is 1. The normalized spacial score (nSPS) is 11.8. The third-order valence-corrected chi connectivity index (χ3v) is 3.02. The summed E-state index contributed by atoms with van der Waals surface area (Å²) in [5.41, 5.74) is 2.36. The van der Waals surface area contributed by atoms with Gasteiger partial charge in [0, 0.05) is 18.4 Å². The van der Waals surface area contributed by atoms with Gasteiger partial charge in [0.05, 0.1) is 7.11 Å². The predicted molar refractivity (Wildman–Crippen MR) is 53.3 cm³/mol. The minimum absolute atomic E-state index is 0.0173. The van der Waals surface area contributed by atoms with E-state index < -0.39 is 26.4 Å². The van der Waals surface area contributed by atoms with Gasteiger partial charge in [-0.3, -0.25) is 0 Å². The highest BCUT2D eigenvalue weighted by Crippen LogP contribution is 2.21. The molecule has 0 aliphatic carbocycles. The number of hydroxylamine groups is 1. The summed E-state index contributed by atoms with van der Waals surface area (Å²) in [5, 5.41) is 0. The third kappa shape index (κ3) is 2.75. The van der Waals surface area contributed by atoms with Crippen LogP contribution in [0, 0.1) is 11.6 Å². The first-order valence-electron chi connectivity index (χ1n) is 4.30. The molecule has 0 aliphatic heterocycles. The van der Waals surface area contributed by atoms with Crippen LogP contribution >= 0.6 is 0 Å². The van der Waals surface area contributed by atoms with Gasteiger partial charge in [0.2, 0.25) is 0 Å². The maximum Gasteiger partial charge on any atom is 0.181 e. The molecule has 0 radical (unpaired) electrons. The molecule has 0 bridgehead atoms. The van der Waals surface area contributed by atoms with E-state index in [4.69, 9.17) is 0 Å². The van der Waals surface area contributed by atoms with Crippen molar-refractivity contribution in [3.8, 4) is 0 Å². The maximum absolute atomic E-state index is 13.6. The largest absolute Gasteiger partial charge is 0.305 e. The van der Waals surface area contributed by atoms with Gasteiger partial charge in [-0.25, -0.2) is 17.2 Å². The van der Waals surface area contributed by atoms with Gasteiger partial charge in [-0.05, 0) is 6.07 Å². The lowest BCUT2D eigenvalue weighted by molar-refractivity contribution is 0.0857. The average molecular weight is 251 g/mol. The van der Waals surface area contributed by atoms with Crippen LogP contribution in [0.5, 0.6) is 0 Å². The molecule has 0 fully saturated rings. The second-order valence-electron chi connectivity index (χ2n) is 3.15. The molecule has 1 aromatic carbocycles. The van der Waals surface area contributed by atoms with Crippen LogP contribution in [-0.4, -0.2) is 21.8 Å². The van der Waals surface area contributed by atoms with Gasteiger partial charge in [0.15, 0.2) is 9.84 Å². The predicted octanol–water partition coefficient (Wildman–Crippen LogP) is 1.02. The molecule has 90 valence electrons. The van der Waals surface area contributed by atoms with Gasteiger partial charge in [-0.1, -0.05) is 6.07 Å². The van der Waals surface area contributed by atoms with Crippen molar-refractivity contribution in [3.63, 3.8) is 0 Å². The first kappa shape index (κ1) is 13.0. The summed E-state index contributed by atoms with van der Waals surface area (Å²) >= 11 is 0. The van der Waals surface area contributed by atoms with E-state index >= 15 is 0 Å². The Labute approximate surface area is 92.1 Å². The Morgan fingerprint density at radius 1 is 1.38 bits per heavy atom. The van der Waals surface area contributed by atoms with E-state index in [1.54, 1.807) is 0 Å². The first-order chi connectivity index (χ1) is 7.38. The molecule has 0 atom stereocenters. The van der Waals surface area contributed by atoms with E-state index in [1.165, 1.54) is 7.11 Å². The Hall–Kier alpha value is -1.05. The zero-order valence-electron chi connectivity index (χ0n) is 8.75. The molecule has 1 rings (SSSR count). The average Bonchev–Trinajstić information content (AvgIpc) is 2.14. The number of nitrogens with one attached hydrogen (secondary N) is 1. The molecule has 7 heteroatoms. The Morgan fingerprint density at radius 2 is 2.00 bits per heavy atom. The third-order valence-electron chi connectivity index (χ3n) is 1.91. The Balaban J connectivity index is 3.28. The molecule has 0 saturated carbocycles. The standard InChI is InChI=1S/C9H11F2NO3S/c1-15-12-5-6-3-4-7(10)9(8(6)11)16(2,13)14/h3-4,12H,5H2,1-2H3. The number of hydrogen-bond acceptors (Lipinski definition) is 4. The highest BCUT2D eigenvalue weighted by atomic mass is 32.2. The molecular weight excluding hydrogens is 240 g/mol. The van der Waals surface area contributed by atoms with Crippen molar-refractivity contribution in [1.82, 2.24) is 5.48 Å². The smallest absolute Gasteiger partial charge is 0.181 e. The summed E-state index contributed by atoms with van der Waals surface area (Å²) in [4.78, 5) is 3.58. The van der Waals surface area contributed by atoms with Crippen molar-refractivity contribution >= 4 is 9.84 Å². The Bertz CT molecular complexity index is 488. The Kier molecular flexibility index (Phi) is 3.95. The number of rotatable bonds is 4. The number of halogens is 2. The molecular formula is C9H11F2NO3S. The van der Waals surface area contributed by atoms with Crippen molar-refractivity contribution in [1.29, 1.82) is 0 Å². The summed E-state index contributed by atoms with van der Waals surface area (Å²) in [6.07, 6.45) is 0.752. The first-order valence-corrected chi connectivity index (χ1v) is 6.20. The van der Waals surface area contributed by atoms with Crippen LogP contribution in [0.25, 0.3) is 0 Å². The Morgan fingerprint density at radius 3 is 2.50 bits per heavy atom. The van der Waals surface area contributed by atoms with Gasteiger partial charge in [-0.15, -0.1) is 0 Å². The van der Waals surface area contributed by atoms with Crippen LogP contribution in [0.2, 0.25) is 0 Å². The molecule has 1 N–H and O–H groups in total. The van der Waals surface area contributed by atoms with E-state index in [-0.39, 0.29) is 12.1 Å². The van der Waals surface area contributed by atoms with Crippen LogP contribution in [0.4, 0.5) is 8.78 Å². The van der Waals surface area contributed by atoms with Crippen LogP contribution < -0.4 is 5.48 Å². The van der Waals surface area contributed by atoms with Crippen molar-refractivity contribution < 1.29 is 22.0 Å². The van der Waals surface area contributed by atoms with Crippen molar-refractivity contribution in [2.45, 2.75) is 11.4 Å². The second-order valence-corrected chi connectivity index (χ2v) is 5.10. The fourth-order valence-electron chi connectivity index (χ4n) is 1.20. The lowest BCUT2D eigenvalue weighted by atomic mass is 10.2. The van der Waals surface area contributed by atoms with E-state index in [9.17, 15) is 17.2 Å². The molecule has 0 heterocycles. The van der Waals surface area contributed by atoms with E-state index in [0.717, 1.165) is 18.4 Å². The summed E-state index contributed by atoms with van der Waals surface area (Å²) < 4.78 is 49.2. The monoisotopic (exact) mass is 251 g/mol. The van der Waals surface area contributed by atoms with Crippen LogP contribution in [0.1, 0.15) is 5.56 Å². The van der Waals surface area contributed by atoms with Gasteiger partial charge < -0.3 is 4.84 Å². The summed E-state index contributed by atoms with van der Waals surface area (Å²) in [7, 11) is -2.60. The number of hydrogen-bond donors (Lipinski definition) is 1. The molecule has 0 unspecified atom stereocenters. The molecule has 0 spiro atoms. The molecule has 0 saturated heterocycles. The second kappa shape index (κ2) is 4.86. The summed E-state index contributed by atoms with van der Waals surface area (Å²) in [6.45, 7) is -0.0505. The van der Waals surface area contributed by atoms with Gasteiger partial charge in [0.25, 0.3) is 0 Å². The lowest BCUT2D eigenvalue weighted by Crippen LogP contribution is -2.14. The summed E-state index contributed by atoms with van der Waals surface area (Å²) in [6, 6.07) is 2.07. The molecule has 0 aromatic heterocycles. The van der Waals surface area contributed by atoms with Gasteiger partial charge in [0.1, 0.15) is 16.5 Å². The zero-order valence-corrected chi connectivity index (χ0v) is 9.57. The van der Waals surface area contributed by atoms with Crippen LogP contribution in [0.15, 0.2) is 17.0 Å². The highest BCUT2D eigenvalue weighted by Gasteiger charge is 2.21. The molecule has 0 aliphatic rings. The zero-order chi connectivity index (χ0) is 12.3. The highest BCUT2D eigenvalue weighted by molar-refractivity contribution is 7.90. The van der Waals surface area contributed by atoms with Crippen LogP contribution in [0.3, 0.4) is 0 Å². The summed E-state index contributed by atoms with van der Waals surface area (Å²) in [5.74, 6) is -2.19. The van der Waals surface area contributed by atoms with Gasteiger partial charge >= 0.3 is 0 Å². The number of sulfone groups is 1. The fraction of sp³-hybridized carbons (Fsp3) is 0.333. The van der Waals surface area contributed by atoms with Gasteiger partial charge in [-0.2, -0.15) is 5.48 Å². The topological polar surface area (TPSA) is 55.4 Å². The van der Waals surface area contributed by atoms with Crippen molar-refractivity contribution in [3.05, 3.63) is 29.3 Å². The van der Waals surface area contributed by atoms with Crippen molar-refractivity contribution in [2.24, 2.45) is 0 Å². The minimum atomic E-state index is -3.93. The van der Waals surface area contributed by atoms with Crippen molar-refractivity contribution in [2.75, 3.05) is 13.4 Å². The molecule has 1 aromatic rings. The van der Waals surface area contributed by atoms with E-state index in [2.05, 4.69) is 10.3 Å². The minimum Gasteiger partial charge on any atom is -0.305 e. The van der Waals surface area contributed by atoms with E-state index in [0.29, 0.717) is 0 Å². The lowest BCUT2D eigenvalue weighted by Gasteiger charge is -2.08. The quantitative estimate of drug-likeness (QED) is 0.812. The molecule has 0 amide bonds. The fourth-order valence-corrected chi connectivity index (χ4v) is 2.08. The molecule has 4 nitrogen and oxygen atoms in total. The SMILES string of the molecule is CONCc1ccc(F)c(S(C)(=O)=O)c1F. The molecule has 16 heavy (non-hydrogen) atoms. The van der Waals surface area contributed by atoms with Crippen LogP contribution in [-0.2, 0) is 21.2 Å². The maximum atomic E-state index is 13.6.